The van der Waals surface area contributed by atoms with Crippen LogP contribution in [-0.4, -0.2) is 26.6 Å². The normalized spacial score (nSPS) is 15.5. The summed E-state index contributed by atoms with van der Waals surface area (Å²) in [5, 5.41) is 6.61. The van der Waals surface area contributed by atoms with Gasteiger partial charge in [-0.05, 0) is 37.5 Å². The molecular weight excluding hydrogens is 353 g/mol. The summed E-state index contributed by atoms with van der Waals surface area (Å²) in [6.45, 7) is 1.46. The van der Waals surface area contributed by atoms with Crippen LogP contribution in [0.15, 0.2) is 35.4 Å². The van der Waals surface area contributed by atoms with Crippen LogP contribution in [-0.2, 0) is 11.3 Å². The average molecular weight is 370 g/mol. The second-order valence-corrected chi connectivity index (χ2v) is 6.12. The molecule has 0 saturated heterocycles. The first-order valence-electron chi connectivity index (χ1n) is 8.02. The van der Waals surface area contributed by atoms with Crippen LogP contribution in [0.2, 0.25) is 0 Å². The lowest BCUT2D eigenvalue weighted by molar-refractivity contribution is -0.274. The SMILES string of the molecule is C[C@H](NC(=O)Cn1ncn(C2CC2)c1=O)c1ccc(OC(F)(F)F)cc1. The first-order chi connectivity index (χ1) is 12.2. The molecule has 10 heteroatoms. The largest absolute Gasteiger partial charge is 0.573 e. The van der Waals surface area contributed by atoms with Crippen LogP contribution >= 0.6 is 0 Å². The number of hydrogen-bond donors (Lipinski definition) is 1. The van der Waals surface area contributed by atoms with Gasteiger partial charge in [-0.3, -0.25) is 9.36 Å². The van der Waals surface area contributed by atoms with Crippen molar-refractivity contribution >= 4 is 5.91 Å². The van der Waals surface area contributed by atoms with Crippen LogP contribution in [0.3, 0.4) is 0 Å². The molecule has 0 radical (unpaired) electrons. The van der Waals surface area contributed by atoms with Gasteiger partial charge < -0.3 is 10.1 Å². The Hall–Kier alpha value is -2.78. The molecule has 1 aliphatic rings. The lowest BCUT2D eigenvalue weighted by atomic mass is 10.1. The fourth-order valence-electron chi connectivity index (χ4n) is 2.53. The van der Waals surface area contributed by atoms with Crippen LogP contribution in [0, 0.1) is 0 Å². The van der Waals surface area contributed by atoms with Crippen LogP contribution in [0.25, 0.3) is 0 Å². The standard InChI is InChI=1S/C16H17F3N4O3/c1-10(11-2-6-13(7-3-11)26-16(17,18)19)21-14(24)8-23-15(25)22(9-20-23)12-4-5-12/h2-3,6-7,9-10,12H,4-5,8H2,1H3,(H,21,24)/t10-/m0/s1. The van der Waals surface area contributed by atoms with Gasteiger partial charge in [0.2, 0.25) is 5.91 Å². The molecule has 1 N–H and O–H groups in total. The molecule has 0 spiro atoms. The van der Waals surface area contributed by atoms with Crippen molar-refractivity contribution in [1.82, 2.24) is 19.7 Å². The van der Waals surface area contributed by atoms with E-state index >= 15 is 0 Å². The molecule has 1 aromatic carbocycles. The highest BCUT2D eigenvalue weighted by atomic mass is 19.4. The van der Waals surface area contributed by atoms with Gasteiger partial charge in [0, 0.05) is 6.04 Å². The van der Waals surface area contributed by atoms with E-state index in [-0.39, 0.29) is 24.0 Å². The number of nitrogens with zero attached hydrogens (tertiary/aromatic N) is 3. The fourth-order valence-corrected chi connectivity index (χ4v) is 2.53. The Balaban J connectivity index is 1.58. The predicted molar refractivity (Wildman–Crippen MR) is 84.4 cm³/mol. The molecule has 1 aliphatic carbocycles. The summed E-state index contributed by atoms with van der Waals surface area (Å²) in [6.07, 6.45) is -1.46. The van der Waals surface area contributed by atoms with E-state index in [9.17, 15) is 22.8 Å². The molecule has 3 rings (SSSR count). The van der Waals surface area contributed by atoms with Crippen LogP contribution in [0.4, 0.5) is 13.2 Å². The van der Waals surface area contributed by atoms with Crippen molar-refractivity contribution in [3.05, 3.63) is 46.6 Å². The van der Waals surface area contributed by atoms with Gasteiger partial charge in [0.05, 0.1) is 6.04 Å². The highest BCUT2D eigenvalue weighted by Crippen LogP contribution is 2.32. The number of halogens is 3. The minimum atomic E-state index is -4.75. The molecular formula is C16H17F3N4O3. The maximum Gasteiger partial charge on any atom is 0.573 e. The monoisotopic (exact) mass is 370 g/mol. The number of rotatable bonds is 6. The molecule has 2 aromatic rings. The van der Waals surface area contributed by atoms with Gasteiger partial charge in [-0.1, -0.05) is 12.1 Å². The number of amides is 1. The van der Waals surface area contributed by atoms with E-state index in [2.05, 4.69) is 15.2 Å². The third-order valence-corrected chi connectivity index (χ3v) is 3.98. The smallest absolute Gasteiger partial charge is 0.406 e. The third kappa shape index (κ3) is 4.44. The third-order valence-electron chi connectivity index (χ3n) is 3.98. The van der Waals surface area contributed by atoms with E-state index in [1.807, 2.05) is 0 Å². The molecule has 1 saturated carbocycles. The van der Waals surface area contributed by atoms with Crippen molar-refractivity contribution in [2.75, 3.05) is 0 Å². The van der Waals surface area contributed by atoms with Gasteiger partial charge in [-0.15, -0.1) is 13.2 Å². The van der Waals surface area contributed by atoms with E-state index in [1.165, 1.54) is 35.2 Å². The topological polar surface area (TPSA) is 78.2 Å². The van der Waals surface area contributed by atoms with Crippen LogP contribution in [0.5, 0.6) is 5.75 Å². The summed E-state index contributed by atoms with van der Waals surface area (Å²) >= 11 is 0. The highest BCUT2D eigenvalue weighted by Gasteiger charge is 2.31. The molecule has 140 valence electrons. The molecule has 0 aliphatic heterocycles. The molecule has 1 amide bonds. The summed E-state index contributed by atoms with van der Waals surface area (Å²) in [6, 6.07) is 4.93. The first kappa shape index (κ1) is 18.0. The van der Waals surface area contributed by atoms with Gasteiger partial charge in [0.1, 0.15) is 18.6 Å². The second-order valence-electron chi connectivity index (χ2n) is 6.12. The van der Waals surface area contributed by atoms with Gasteiger partial charge in [0.15, 0.2) is 0 Å². The van der Waals surface area contributed by atoms with Crippen molar-refractivity contribution in [3.63, 3.8) is 0 Å². The quantitative estimate of drug-likeness (QED) is 0.845. The lowest BCUT2D eigenvalue weighted by Crippen LogP contribution is -2.34. The fraction of sp³-hybridized carbons (Fsp3) is 0.438. The number of hydrogen-bond acceptors (Lipinski definition) is 4. The maximum absolute atomic E-state index is 12.2. The van der Waals surface area contributed by atoms with Crippen molar-refractivity contribution in [2.45, 2.75) is 44.8 Å². The molecule has 0 unspecified atom stereocenters. The van der Waals surface area contributed by atoms with Crippen LogP contribution < -0.4 is 15.7 Å². The maximum atomic E-state index is 12.2. The van der Waals surface area contributed by atoms with E-state index in [1.54, 1.807) is 6.92 Å². The Morgan fingerprint density at radius 1 is 1.35 bits per heavy atom. The molecule has 1 heterocycles. The molecule has 1 atom stereocenters. The average Bonchev–Trinajstić information content (AvgIpc) is 3.32. The predicted octanol–water partition coefficient (Wildman–Crippen LogP) is 2.16. The van der Waals surface area contributed by atoms with Crippen LogP contribution in [0.1, 0.15) is 37.4 Å². The summed E-state index contributed by atoms with van der Waals surface area (Å²) in [7, 11) is 0. The van der Waals surface area contributed by atoms with Crippen molar-refractivity contribution in [3.8, 4) is 5.75 Å². The second kappa shape index (κ2) is 6.85. The van der Waals surface area contributed by atoms with Gasteiger partial charge in [0.25, 0.3) is 0 Å². The molecule has 0 bridgehead atoms. The molecule has 7 nitrogen and oxygen atoms in total. The van der Waals surface area contributed by atoms with Gasteiger partial charge >= 0.3 is 12.1 Å². The summed E-state index contributed by atoms with van der Waals surface area (Å²) < 4.78 is 42.9. The van der Waals surface area contributed by atoms with E-state index < -0.39 is 18.3 Å². The Morgan fingerprint density at radius 2 is 2.00 bits per heavy atom. The van der Waals surface area contributed by atoms with E-state index in [4.69, 9.17) is 0 Å². The highest BCUT2D eigenvalue weighted by molar-refractivity contribution is 5.76. The van der Waals surface area contributed by atoms with E-state index in [0.29, 0.717) is 5.56 Å². The zero-order valence-corrected chi connectivity index (χ0v) is 13.9. The molecule has 1 fully saturated rings. The lowest BCUT2D eigenvalue weighted by Gasteiger charge is -2.15. The van der Waals surface area contributed by atoms with Crippen molar-refractivity contribution in [1.29, 1.82) is 0 Å². The van der Waals surface area contributed by atoms with Gasteiger partial charge in [-0.25, -0.2) is 9.48 Å². The Bertz CT molecular complexity index is 838. The molecule has 26 heavy (non-hydrogen) atoms. The minimum Gasteiger partial charge on any atom is -0.406 e. The zero-order valence-electron chi connectivity index (χ0n) is 13.9. The Labute approximate surface area is 146 Å². The molecule has 1 aromatic heterocycles. The Kier molecular flexibility index (Phi) is 4.75. The summed E-state index contributed by atoms with van der Waals surface area (Å²) in [5.41, 5.74) is 0.271. The minimum absolute atomic E-state index is 0.177. The van der Waals surface area contributed by atoms with Gasteiger partial charge in [-0.2, -0.15) is 5.10 Å². The van der Waals surface area contributed by atoms with Crippen molar-refractivity contribution in [2.24, 2.45) is 0 Å². The summed E-state index contributed by atoms with van der Waals surface area (Å²) in [5.74, 6) is -0.756. The number of benzene rings is 1. The van der Waals surface area contributed by atoms with E-state index in [0.717, 1.165) is 17.5 Å². The zero-order chi connectivity index (χ0) is 18.9. The number of carbonyl (C=O) groups excluding carboxylic acids is 1. The number of aromatic nitrogens is 3. The number of alkyl halides is 3. The first-order valence-corrected chi connectivity index (χ1v) is 8.02. The number of nitrogens with one attached hydrogen (secondary N) is 1. The van der Waals surface area contributed by atoms with Crippen molar-refractivity contribution < 1.29 is 22.7 Å². The number of ether oxygens (including phenoxy) is 1. The Morgan fingerprint density at radius 3 is 2.58 bits per heavy atom. The number of carbonyl (C=O) groups is 1. The summed E-state index contributed by atoms with van der Waals surface area (Å²) in [4.78, 5) is 24.2.